The second kappa shape index (κ2) is 8.80. The van der Waals surface area contributed by atoms with Crippen molar-refractivity contribution in [1.82, 2.24) is 9.97 Å². The third-order valence-electron chi connectivity index (χ3n) is 5.10. The number of carboxylic acids is 1. The number of carbonyl (C=O) groups is 1. The van der Waals surface area contributed by atoms with E-state index in [1.54, 1.807) is 43.5 Å². The van der Waals surface area contributed by atoms with Gasteiger partial charge in [-0.2, -0.15) is 0 Å². The van der Waals surface area contributed by atoms with E-state index in [9.17, 15) is 9.18 Å². The van der Waals surface area contributed by atoms with E-state index < -0.39 is 17.9 Å². The molecule has 8 heteroatoms. The minimum Gasteiger partial charge on any atom is -0.479 e. The molecule has 0 saturated carbocycles. The largest absolute Gasteiger partial charge is 0.479 e. The van der Waals surface area contributed by atoms with E-state index in [2.05, 4.69) is 9.97 Å². The van der Waals surface area contributed by atoms with E-state index in [0.717, 1.165) is 11.1 Å². The van der Waals surface area contributed by atoms with Crippen LogP contribution in [0.4, 0.5) is 10.2 Å². The first-order valence-corrected chi connectivity index (χ1v) is 10.2. The molecule has 6 nitrogen and oxygen atoms in total. The van der Waals surface area contributed by atoms with Gasteiger partial charge in [-0.1, -0.05) is 30.7 Å². The molecule has 162 valence electrons. The molecule has 0 amide bonds. The molecule has 0 aliphatic heterocycles. The Labute approximate surface area is 188 Å². The Hall–Kier alpha value is -3.71. The lowest BCUT2D eigenvalue weighted by atomic mass is 10.0. The molecule has 32 heavy (non-hydrogen) atoms. The Bertz CT molecular complexity index is 1310. The second-order valence-electron chi connectivity index (χ2n) is 7.18. The average molecular weight is 452 g/mol. The monoisotopic (exact) mass is 451 g/mol. The van der Waals surface area contributed by atoms with Crippen LogP contribution in [0.25, 0.3) is 33.2 Å². The fourth-order valence-electron chi connectivity index (χ4n) is 3.35. The first-order valence-electron chi connectivity index (χ1n) is 9.87. The molecule has 0 bridgehead atoms. The van der Waals surface area contributed by atoms with Crippen LogP contribution in [0.2, 0.25) is 5.02 Å². The van der Waals surface area contributed by atoms with Crippen LogP contribution < -0.4 is 10.5 Å². The maximum atomic E-state index is 14.1. The van der Waals surface area contributed by atoms with Crippen LogP contribution in [0.15, 0.2) is 60.9 Å². The lowest BCUT2D eigenvalue weighted by molar-refractivity contribution is -0.145. The zero-order valence-electron chi connectivity index (χ0n) is 17.0. The van der Waals surface area contributed by atoms with E-state index in [1.807, 2.05) is 6.07 Å². The number of hydrogen-bond acceptors (Lipinski definition) is 5. The molecule has 3 N–H and O–H groups in total. The third kappa shape index (κ3) is 4.20. The van der Waals surface area contributed by atoms with Gasteiger partial charge in [0.25, 0.3) is 0 Å². The van der Waals surface area contributed by atoms with Crippen molar-refractivity contribution < 1.29 is 19.0 Å². The number of fused-ring (bicyclic) bond motifs is 1. The van der Waals surface area contributed by atoms with E-state index in [1.165, 1.54) is 18.3 Å². The van der Waals surface area contributed by atoms with E-state index in [-0.39, 0.29) is 5.82 Å². The van der Waals surface area contributed by atoms with Crippen molar-refractivity contribution in [2.45, 2.75) is 19.4 Å². The molecule has 0 radical (unpaired) electrons. The summed E-state index contributed by atoms with van der Waals surface area (Å²) in [5.74, 6) is -0.676. The number of nitrogens with two attached hydrogens (primary N) is 1. The molecular weight excluding hydrogens is 433 g/mol. The van der Waals surface area contributed by atoms with Crippen molar-refractivity contribution in [3.05, 3.63) is 71.8 Å². The zero-order valence-corrected chi connectivity index (χ0v) is 17.8. The Morgan fingerprint density at radius 1 is 1.09 bits per heavy atom. The van der Waals surface area contributed by atoms with Gasteiger partial charge in [0.2, 0.25) is 0 Å². The zero-order chi connectivity index (χ0) is 22.8. The third-order valence-corrected chi connectivity index (χ3v) is 5.43. The summed E-state index contributed by atoms with van der Waals surface area (Å²) in [5, 5.41) is 10.4. The number of hydrogen-bond donors (Lipinski definition) is 2. The van der Waals surface area contributed by atoms with Crippen molar-refractivity contribution in [3.8, 4) is 28.1 Å². The van der Waals surface area contributed by atoms with Crippen molar-refractivity contribution in [2.75, 3.05) is 5.73 Å². The number of pyridine rings is 2. The van der Waals surface area contributed by atoms with Crippen LogP contribution in [-0.2, 0) is 4.79 Å². The predicted octanol–water partition coefficient (Wildman–Crippen LogP) is 5.58. The average Bonchev–Trinajstić information content (AvgIpc) is 2.80. The molecule has 4 aromatic rings. The summed E-state index contributed by atoms with van der Waals surface area (Å²) < 4.78 is 19.6. The van der Waals surface area contributed by atoms with E-state index in [4.69, 9.17) is 27.2 Å². The van der Waals surface area contributed by atoms with Crippen molar-refractivity contribution in [1.29, 1.82) is 0 Å². The topological polar surface area (TPSA) is 98.3 Å². The fraction of sp³-hybridized carbons (Fsp3) is 0.125. The summed E-state index contributed by atoms with van der Waals surface area (Å²) in [6.07, 6.45) is 2.52. The van der Waals surface area contributed by atoms with Crippen LogP contribution in [0.1, 0.15) is 13.3 Å². The first-order chi connectivity index (χ1) is 15.4. The predicted molar refractivity (Wildman–Crippen MR) is 122 cm³/mol. The van der Waals surface area contributed by atoms with Gasteiger partial charge >= 0.3 is 5.97 Å². The van der Waals surface area contributed by atoms with Gasteiger partial charge in [-0.3, -0.25) is 4.98 Å². The quantitative estimate of drug-likeness (QED) is 0.397. The number of rotatable bonds is 6. The number of benzene rings is 2. The minimum absolute atomic E-state index is 0.278. The smallest absolute Gasteiger partial charge is 0.344 e. The summed E-state index contributed by atoms with van der Waals surface area (Å²) in [6.45, 7) is 1.75. The van der Waals surface area contributed by atoms with Crippen LogP contribution >= 0.6 is 11.6 Å². The van der Waals surface area contributed by atoms with E-state index in [0.29, 0.717) is 39.2 Å². The van der Waals surface area contributed by atoms with Gasteiger partial charge in [0.15, 0.2) is 6.10 Å². The lowest BCUT2D eigenvalue weighted by Gasteiger charge is -2.14. The van der Waals surface area contributed by atoms with Gasteiger partial charge in [-0.15, -0.1) is 0 Å². The standard InChI is InChI=1S/C24H19ClFN3O3/c1-2-22(24(30)31)32-15-5-3-13(4-6-15)14-9-17(23(27)29-11-14)21-10-16-18(12-28-21)20(26)8-7-19(16)25/h3-12,22H,2H2,1H3,(H2,27,29)(H,30,31). The molecule has 0 spiro atoms. The van der Waals surface area contributed by atoms with Gasteiger partial charge < -0.3 is 15.6 Å². The van der Waals surface area contributed by atoms with Crippen molar-refractivity contribution in [2.24, 2.45) is 0 Å². The molecule has 2 heterocycles. The highest BCUT2D eigenvalue weighted by Crippen LogP contribution is 2.33. The Morgan fingerprint density at radius 3 is 2.53 bits per heavy atom. The minimum atomic E-state index is -1.01. The number of aliphatic carboxylic acids is 1. The number of anilines is 1. The molecule has 4 rings (SSSR count). The summed E-state index contributed by atoms with van der Waals surface area (Å²) in [7, 11) is 0. The molecule has 2 aromatic heterocycles. The van der Waals surface area contributed by atoms with Crippen LogP contribution in [0, 0.1) is 5.82 Å². The van der Waals surface area contributed by atoms with Crippen LogP contribution in [-0.4, -0.2) is 27.1 Å². The summed E-state index contributed by atoms with van der Waals surface area (Å²) >= 11 is 6.25. The normalized spacial score (nSPS) is 12.0. The highest BCUT2D eigenvalue weighted by molar-refractivity contribution is 6.35. The molecule has 0 aliphatic carbocycles. The number of nitrogens with zero attached hydrogens (tertiary/aromatic N) is 2. The molecule has 0 fully saturated rings. The van der Waals surface area contributed by atoms with Gasteiger partial charge in [0.05, 0.1) is 5.69 Å². The summed E-state index contributed by atoms with van der Waals surface area (Å²) in [5.41, 5.74) is 8.81. The van der Waals surface area contributed by atoms with Crippen LogP contribution in [0.5, 0.6) is 5.75 Å². The molecule has 1 atom stereocenters. The SMILES string of the molecule is CCC(Oc1ccc(-c2cnc(N)c(-c3cc4c(Cl)ccc(F)c4cn3)c2)cc1)C(=O)O. The van der Waals surface area contributed by atoms with Crippen LogP contribution in [0.3, 0.4) is 0 Å². The van der Waals surface area contributed by atoms with Gasteiger partial charge in [-0.25, -0.2) is 14.2 Å². The fourth-order valence-corrected chi connectivity index (χ4v) is 3.57. The maximum Gasteiger partial charge on any atom is 0.344 e. The number of carboxylic acid groups (broad SMARTS) is 1. The molecule has 0 saturated heterocycles. The maximum absolute atomic E-state index is 14.1. The van der Waals surface area contributed by atoms with Gasteiger partial charge in [0, 0.05) is 39.3 Å². The molecule has 0 aliphatic rings. The molecule has 1 unspecified atom stereocenters. The molecule has 2 aromatic carbocycles. The summed E-state index contributed by atoms with van der Waals surface area (Å²) in [6, 6.07) is 13.3. The Kier molecular flexibility index (Phi) is 5.92. The van der Waals surface area contributed by atoms with Gasteiger partial charge in [-0.05, 0) is 48.4 Å². The number of nitrogen functional groups attached to an aromatic ring is 1. The van der Waals surface area contributed by atoms with Gasteiger partial charge in [0.1, 0.15) is 17.4 Å². The number of halogens is 2. The Balaban J connectivity index is 1.68. The highest BCUT2D eigenvalue weighted by Gasteiger charge is 2.17. The Morgan fingerprint density at radius 2 is 1.84 bits per heavy atom. The number of aromatic nitrogens is 2. The van der Waals surface area contributed by atoms with Crippen molar-refractivity contribution in [3.63, 3.8) is 0 Å². The van der Waals surface area contributed by atoms with E-state index >= 15 is 0 Å². The van der Waals surface area contributed by atoms with Crippen molar-refractivity contribution >= 4 is 34.2 Å². The first kappa shape index (κ1) is 21.5. The lowest BCUT2D eigenvalue weighted by Crippen LogP contribution is -2.25. The highest BCUT2D eigenvalue weighted by atomic mass is 35.5. The second-order valence-corrected chi connectivity index (χ2v) is 7.59. The molecular formula is C24H19ClFN3O3. The number of ether oxygens (including phenoxy) is 1. The summed E-state index contributed by atoms with van der Waals surface area (Å²) in [4.78, 5) is 19.8.